The molecular formula is C17H22N2O2. The van der Waals surface area contributed by atoms with Crippen molar-refractivity contribution in [2.24, 2.45) is 5.73 Å². The minimum Gasteiger partial charge on any atom is -0.495 e. The normalized spacial score (nSPS) is 16.3. The van der Waals surface area contributed by atoms with Gasteiger partial charge in [-0.2, -0.15) is 0 Å². The number of methoxy groups -OCH3 is 1. The molecule has 1 heterocycles. The minimum absolute atomic E-state index is 0.0518. The number of amides is 1. The monoisotopic (exact) mass is 286 g/mol. The largest absolute Gasteiger partial charge is 0.495 e. The second kappa shape index (κ2) is 6.19. The predicted octanol–water partition coefficient (Wildman–Crippen LogP) is 2.02. The molecule has 1 aliphatic rings. The summed E-state index contributed by atoms with van der Waals surface area (Å²) in [5.74, 6) is 6.48. The van der Waals surface area contributed by atoms with Crippen LogP contribution in [0.4, 0.5) is 0 Å². The van der Waals surface area contributed by atoms with Crippen molar-refractivity contribution in [3.63, 3.8) is 0 Å². The maximum atomic E-state index is 12.7. The van der Waals surface area contributed by atoms with Crippen molar-refractivity contribution in [3.05, 3.63) is 29.3 Å². The van der Waals surface area contributed by atoms with Crippen LogP contribution in [0.25, 0.3) is 0 Å². The quantitative estimate of drug-likeness (QED) is 0.846. The Hall–Kier alpha value is -1.99. The van der Waals surface area contributed by atoms with Crippen molar-refractivity contribution < 1.29 is 9.53 Å². The molecule has 1 aromatic carbocycles. The Morgan fingerprint density at radius 3 is 2.81 bits per heavy atom. The number of hydrogen-bond donors (Lipinski definition) is 1. The fourth-order valence-corrected chi connectivity index (χ4v) is 2.72. The van der Waals surface area contributed by atoms with Crippen LogP contribution in [0.15, 0.2) is 18.2 Å². The molecule has 0 atom stereocenters. The highest BCUT2D eigenvalue weighted by atomic mass is 16.5. The van der Waals surface area contributed by atoms with E-state index in [4.69, 9.17) is 10.5 Å². The fourth-order valence-electron chi connectivity index (χ4n) is 2.72. The van der Waals surface area contributed by atoms with Crippen LogP contribution in [0.1, 0.15) is 42.6 Å². The molecule has 1 amide bonds. The summed E-state index contributed by atoms with van der Waals surface area (Å²) in [4.78, 5) is 14.6. The maximum Gasteiger partial charge on any atom is 0.254 e. The van der Waals surface area contributed by atoms with Crippen molar-refractivity contribution >= 4 is 5.91 Å². The smallest absolute Gasteiger partial charge is 0.254 e. The molecule has 1 aliphatic heterocycles. The van der Waals surface area contributed by atoms with E-state index in [1.165, 1.54) is 0 Å². The molecule has 2 N–H and O–H groups in total. The summed E-state index contributed by atoms with van der Waals surface area (Å²) in [5, 5.41) is 0. The summed E-state index contributed by atoms with van der Waals surface area (Å²) in [5.41, 5.74) is 6.67. The van der Waals surface area contributed by atoms with Gasteiger partial charge in [0.05, 0.1) is 19.2 Å². The topological polar surface area (TPSA) is 55.6 Å². The van der Waals surface area contributed by atoms with Crippen molar-refractivity contribution in [2.75, 3.05) is 20.2 Å². The van der Waals surface area contributed by atoms with E-state index >= 15 is 0 Å². The van der Waals surface area contributed by atoms with E-state index in [1.54, 1.807) is 25.3 Å². The Morgan fingerprint density at radius 1 is 1.48 bits per heavy atom. The van der Waals surface area contributed by atoms with Gasteiger partial charge >= 0.3 is 0 Å². The average Bonchev–Trinajstić information content (AvgIpc) is 2.83. The van der Waals surface area contributed by atoms with Gasteiger partial charge in [0.15, 0.2) is 0 Å². The van der Waals surface area contributed by atoms with E-state index in [-0.39, 0.29) is 18.0 Å². The van der Waals surface area contributed by atoms with Crippen molar-refractivity contribution in [1.82, 2.24) is 4.90 Å². The fraction of sp³-hybridized carbons (Fsp3) is 0.471. The molecule has 1 saturated heterocycles. The lowest BCUT2D eigenvalue weighted by molar-refractivity contribution is 0.0652. The van der Waals surface area contributed by atoms with Gasteiger partial charge < -0.3 is 15.4 Å². The van der Waals surface area contributed by atoms with E-state index in [9.17, 15) is 4.79 Å². The molecule has 0 aliphatic carbocycles. The SMILES string of the molecule is COc1ccc(C(=O)N2CCCC2(C)C)cc1C#CCN. The Morgan fingerprint density at radius 2 is 2.24 bits per heavy atom. The summed E-state index contributed by atoms with van der Waals surface area (Å²) in [6.07, 6.45) is 2.09. The predicted molar refractivity (Wildman–Crippen MR) is 83.3 cm³/mol. The zero-order valence-electron chi connectivity index (χ0n) is 12.9. The number of carbonyl (C=O) groups excluding carboxylic acids is 1. The Balaban J connectivity index is 2.34. The van der Waals surface area contributed by atoms with E-state index in [0.29, 0.717) is 16.9 Å². The van der Waals surface area contributed by atoms with Crippen LogP contribution in [0, 0.1) is 11.8 Å². The molecule has 0 bridgehead atoms. The van der Waals surface area contributed by atoms with Crippen LogP contribution < -0.4 is 10.5 Å². The third kappa shape index (κ3) is 3.20. The third-order valence-electron chi connectivity index (χ3n) is 3.92. The number of benzene rings is 1. The van der Waals surface area contributed by atoms with Crippen LogP contribution in [0.2, 0.25) is 0 Å². The van der Waals surface area contributed by atoms with Gasteiger partial charge in [-0.1, -0.05) is 11.8 Å². The van der Waals surface area contributed by atoms with E-state index < -0.39 is 0 Å². The first-order chi connectivity index (χ1) is 9.99. The van der Waals surface area contributed by atoms with Crippen LogP contribution >= 0.6 is 0 Å². The lowest BCUT2D eigenvalue weighted by atomic mass is 10.0. The number of ether oxygens (including phenoxy) is 1. The van der Waals surface area contributed by atoms with Crippen LogP contribution in [0.3, 0.4) is 0 Å². The molecule has 4 heteroatoms. The second-order valence-electron chi connectivity index (χ2n) is 5.79. The van der Waals surface area contributed by atoms with E-state index in [1.807, 2.05) is 4.90 Å². The first-order valence-corrected chi connectivity index (χ1v) is 7.18. The molecule has 0 radical (unpaired) electrons. The van der Waals surface area contributed by atoms with Gasteiger partial charge in [0.1, 0.15) is 5.75 Å². The molecule has 4 nitrogen and oxygen atoms in total. The molecule has 1 fully saturated rings. The molecule has 2 rings (SSSR count). The summed E-state index contributed by atoms with van der Waals surface area (Å²) in [6.45, 7) is 5.30. The van der Waals surface area contributed by atoms with Gasteiger partial charge in [-0.3, -0.25) is 4.79 Å². The number of hydrogen-bond acceptors (Lipinski definition) is 3. The van der Waals surface area contributed by atoms with Crippen molar-refractivity contribution in [1.29, 1.82) is 0 Å². The average molecular weight is 286 g/mol. The zero-order valence-corrected chi connectivity index (χ0v) is 12.9. The molecule has 21 heavy (non-hydrogen) atoms. The van der Waals surface area contributed by atoms with Crippen molar-refractivity contribution in [3.8, 4) is 17.6 Å². The molecule has 0 saturated carbocycles. The Kier molecular flexibility index (Phi) is 4.54. The molecule has 0 spiro atoms. The third-order valence-corrected chi connectivity index (χ3v) is 3.92. The van der Waals surface area contributed by atoms with Crippen LogP contribution in [-0.2, 0) is 0 Å². The van der Waals surface area contributed by atoms with Gasteiger partial charge in [-0.05, 0) is 44.9 Å². The summed E-state index contributed by atoms with van der Waals surface area (Å²) in [6, 6.07) is 5.37. The van der Waals surface area contributed by atoms with Crippen LogP contribution in [0.5, 0.6) is 5.75 Å². The second-order valence-corrected chi connectivity index (χ2v) is 5.79. The number of likely N-dealkylation sites (tertiary alicyclic amines) is 1. The number of nitrogens with zero attached hydrogens (tertiary/aromatic N) is 1. The lowest BCUT2D eigenvalue weighted by Crippen LogP contribution is -2.42. The minimum atomic E-state index is -0.0832. The van der Waals surface area contributed by atoms with Crippen LogP contribution in [-0.4, -0.2) is 36.5 Å². The molecule has 1 aromatic rings. The molecule has 112 valence electrons. The standard InChI is InChI=1S/C17H22N2O2/c1-17(2)9-5-11-19(17)16(20)14-7-8-15(21-3)13(12-14)6-4-10-18/h7-8,12H,5,9-11,18H2,1-3H3. The van der Waals surface area contributed by atoms with Gasteiger partial charge in [0.25, 0.3) is 5.91 Å². The first-order valence-electron chi connectivity index (χ1n) is 7.18. The highest BCUT2D eigenvalue weighted by Crippen LogP contribution is 2.30. The number of carbonyl (C=O) groups is 1. The number of rotatable bonds is 2. The highest BCUT2D eigenvalue weighted by molar-refractivity contribution is 5.95. The van der Waals surface area contributed by atoms with Crippen molar-refractivity contribution in [2.45, 2.75) is 32.2 Å². The zero-order chi connectivity index (χ0) is 15.5. The highest BCUT2D eigenvalue weighted by Gasteiger charge is 2.35. The van der Waals surface area contributed by atoms with Gasteiger partial charge in [0, 0.05) is 17.6 Å². The Bertz CT molecular complexity index is 597. The molecule has 0 aromatic heterocycles. The molecule has 0 unspecified atom stereocenters. The first kappa shape index (κ1) is 15.4. The summed E-state index contributed by atoms with van der Waals surface area (Å²) >= 11 is 0. The van der Waals surface area contributed by atoms with E-state index in [2.05, 4.69) is 25.7 Å². The summed E-state index contributed by atoms with van der Waals surface area (Å²) in [7, 11) is 1.59. The lowest BCUT2D eigenvalue weighted by Gasteiger charge is -2.31. The van der Waals surface area contributed by atoms with Gasteiger partial charge in [-0.15, -0.1) is 0 Å². The molecular weight excluding hydrogens is 264 g/mol. The summed E-state index contributed by atoms with van der Waals surface area (Å²) < 4.78 is 5.28. The maximum absolute atomic E-state index is 12.7. The van der Waals surface area contributed by atoms with Gasteiger partial charge in [-0.25, -0.2) is 0 Å². The Labute approximate surface area is 126 Å². The van der Waals surface area contributed by atoms with Gasteiger partial charge in [0.2, 0.25) is 0 Å². The number of nitrogens with two attached hydrogens (primary N) is 1. The van der Waals surface area contributed by atoms with E-state index in [0.717, 1.165) is 19.4 Å².